The molecule has 0 saturated heterocycles. The molecule has 0 bridgehead atoms. The van der Waals surface area contributed by atoms with Gasteiger partial charge in [0.15, 0.2) is 5.81 Å². The van der Waals surface area contributed by atoms with E-state index in [0.29, 0.717) is 6.54 Å². The number of hydrogen-bond acceptors (Lipinski definition) is 2. The zero-order valence-corrected chi connectivity index (χ0v) is 9.86. The molecule has 1 amide bonds. The molecule has 2 heterocycles. The summed E-state index contributed by atoms with van der Waals surface area (Å²) in [6.45, 7) is 0.664. The predicted molar refractivity (Wildman–Crippen MR) is 70.2 cm³/mol. The van der Waals surface area contributed by atoms with Crippen molar-refractivity contribution in [3.63, 3.8) is 0 Å². The highest BCUT2D eigenvalue weighted by Crippen LogP contribution is 2.34. The number of nitrogens with one attached hydrogen (secondary N) is 1. The van der Waals surface area contributed by atoms with Crippen molar-refractivity contribution >= 4 is 36.2 Å². The summed E-state index contributed by atoms with van der Waals surface area (Å²) < 4.78 is 0. The van der Waals surface area contributed by atoms with Gasteiger partial charge < -0.3 is 15.0 Å². The average Bonchev–Trinajstić information content (AvgIpc) is 2.91. The Morgan fingerprint density at radius 1 is 1.39 bits per heavy atom. The molecule has 3 rings (SSSR count). The highest BCUT2D eigenvalue weighted by molar-refractivity contribution is 6.60. The maximum atomic E-state index is 11.5. The second-order valence-corrected chi connectivity index (χ2v) is 4.43. The summed E-state index contributed by atoms with van der Waals surface area (Å²) in [6, 6.07) is 5.33. The first kappa shape index (κ1) is 10.9. The van der Waals surface area contributed by atoms with Gasteiger partial charge >= 0.3 is 5.97 Å². The Balaban J connectivity index is 2.21. The highest BCUT2D eigenvalue weighted by atomic mass is 16.4. The molecule has 90 valence electrons. The van der Waals surface area contributed by atoms with E-state index >= 15 is 0 Å². The molecule has 0 atom stereocenters. The molecule has 1 aromatic heterocycles. The number of H-pyrrole nitrogens is 1. The van der Waals surface area contributed by atoms with Gasteiger partial charge in [0.2, 0.25) is 7.85 Å². The van der Waals surface area contributed by atoms with Gasteiger partial charge in [0, 0.05) is 23.1 Å². The maximum Gasteiger partial charge on any atom is 0.352 e. The van der Waals surface area contributed by atoms with Gasteiger partial charge in [-0.3, -0.25) is 4.79 Å². The number of hydrogen-bond donors (Lipinski definition) is 2. The number of rotatable bonds is 1. The fraction of sp³-hybridized carbons (Fsp3) is 0.167. The number of benzene rings is 1. The lowest BCUT2D eigenvalue weighted by Crippen LogP contribution is -2.27. The fourth-order valence-corrected chi connectivity index (χ4v) is 2.55. The van der Waals surface area contributed by atoms with Crippen molar-refractivity contribution in [3.8, 4) is 0 Å². The van der Waals surface area contributed by atoms with Crippen molar-refractivity contribution in [3.05, 3.63) is 29.5 Å². The predicted octanol–water partition coefficient (Wildman–Crippen LogP) is 0.982. The Bertz CT molecular complexity index is 677. The summed E-state index contributed by atoms with van der Waals surface area (Å²) >= 11 is 0. The Labute approximate surface area is 104 Å². The number of anilines is 1. The van der Waals surface area contributed by atoms with E-state index < -0.39 is 5.97 Å². The number of aromatic nitrogens is 1. The molecule has 0 radical (unpaired) electrons. The van der Waals surface area contributed by atoms with Crippen LogP contribution < -0.4 is 4.90 Å². The lowest BCUT2D eigenvalue weighted by atomic mass is 10.1. The van der Waals surface area contributed by atoms with E-state index in [1.165, 1.54) is 0 Å². The lowest BCUT2D eigenvalue weighted by Gasteiger charge is -2.14. The van der Waals surface area contributed by atoms with Gasteiger partial charge in [0.1, 0.15) is 5.69 Å². The van der Waals surface area contributed by atoms with Crippen molar-refractivity contribution < 1.29 is 14.7 Å². The molecule has 0 spiro atoms. The number of carboxylic acid groups (broad SMARTS) is 1. The minimum Gasteiger partial charge on any atom is -0.477 e. The Kier molecular flexibility index (Phi) is 2.20. The van der Waals surface area contributed by atoms with Gasteiger partial charge in [0.25, 0.3) is 0 Å². The minimum atomic E-state index is -0.971. The van der Waals surface area contributed by atoms with E-state index in [1.54, 1.807) is 18.8 Å². The Morgan fingerprint density at radius 3 is 2.83 bits per heavy atom. The summed E-state index contributed by atoms with van der Waals surface area (Å²) in [7, 11) is 1.54. The zero-order chi connectivity index (χ0) is 12.9. The third-order valence-electron chi connectivity index (χ3n) is 3.38. The molecular weight excluding hydrogens is 231 g/mol. The quantitative estimate of drug-likeness (QED) is 0.732. The van der Waals surface area contributed by atoms with Crippen molar-refractivity contribution in [2.45, 2.75) is 6.42 Å². The van der Waals surface area contributed by atoms with Crippen molar-refractivity contribution in [1.29, 1.82) is 0 Å². The van der Waals surface area contributed by atoms with E-state index in [-0.39, 0.29) is 11.5 Å². The van der Waals surface area contributed by atoms with Crippen LogP contribution in [0.4, 0.5) is 10.5 Å². The van der Waals surface area contributed by atoms with Crippen LogP contribution in [0.2, 0.25) is 0 Å². The van der Waals surface area contributed by atoms with Gasteiger partial charge in [-0.25, -0.2) is 4.79 Å². The first-order valence-electron chi connectivity index (χ1n) is 5.74. The van der Waals surface area contributed by atoms with Crippen LogP contribution in [-0.4, -0.2) is 36.3 Å². The van der Waals surface area contributed by atoms with Crippen LogP contribution in [-0.2, 0) is 6.42 Å². The number of carbonyl (C=O) groups excluding carboxylic acids is 1. The molecule has 0 fully saturated rings. The second-order valence-electron chi connectivity index (χ2n) is 4.43. The molecule has 6 heteroatoms. The molecule has 18 heavy (non-hydrogen) atoms. The first-order valence-corrected chi connectivity index (χ1v) is 5.74. The van der Waals surface area contributed by atoms with Crippen LogP contribution in [0.1, 0.15) is 16.1 Å². The summed E-state index contributed by atoms with van der Waals surface area (Å²) in [5.41, 5.74) is 2.92. The summed E-state index contributed by atoms with van der Waals surface area (Å²) in [4.78, 5) is 27.0. The summed E-state index contributed by atoms with van der Waals surface area (Å²) in [5.74, 6) is -0.955. The van der Waals surface area contributed by atoms with E-state index in [0.717, 1.165) is 28.6 Å². The first-order chi connectivity index (χ1) is 8.58. The molecular formula is C12H11BN2O3. The van der Waals surface area contributed by atoms with Gasteiger partial charge in [0.05, 0.1) is 0 Å². The smallest absolute Gasteiger partial charge is 0.352 e. The molecule has 5 nitrogen and oxygen atoms in total. The van der Waals surface area contributed by atoms with Crippen LogP contribution >= 0.6 is 0 Å². The second kappa shape index (κ2) is 3.63. The molecule has 0 unspecified atom stereocenters. The molecule has 2 aromatic rings. The van der Waals surface area contributed by atoms with Crippen LogP contribution in [0.3, 0.4) is 0 Å². The lowest BCUT2D eigenvalue weighted by molar-refractivity contribution is 0.0691. The van der Waals surface area contributed by atoms with Gasteiger partial charge in [-0.2, -0.15) is 0 Å². The zero-order valence-electron chi connectivity index (χ0n) is 9.86. The number of nitrogens with zero attached hydrogens (tertiary/aromatic N) is 1. The molecule has 0 saturated carbocycles. The van der Waals surface area contributed by atoms with E-state index in [1.807, 2.05) is 12.1 Å². The van der Waals surface area contributed by atoms with Crippen LogP contribution in [0.15, 0.2) is 18.2 Å². The number of fused-ring (bicyclic) bond motifs is 3. The van der Waals surface area contributed by atoms with E-state index in [2.05, 4.69) is 4.98 Å². The minimum absolute atomic E-state index is 0.0158. The highest BCUT2D eigenvalue weighted by Gasteiger charge is 2.24. The average molecular weight is 242 g/mol. The van der Waals surface area contributed by atoms with Crippen LogP contribution in [0.5, 0.6) is 0 Å². The molecule has 1 aliphatic rings. The van der Waals surface area contributed by atoms with Crippen molar-refractivity contribution in [1.82, 2.24) is 4.98 Å². The number of carbonyl (C=O) groups is 2. The maximum absolute atomic E-state index is 11.5. The van der Waals surface area contributed by atoms with Gasteiger partial charge in [-0.1, -0.05) is 0 Å². The topological polar surface area (TPSA) is 73.4 Å². The van der Waals surface area contributed by atoms with Crippen molar-refractivity contribution in [2.75, 3.05) is 11.4 Å². The Hall–Kier alpha value is -2.24. The Morgan fingerprint density at radius 2 is 2.17 bits per heavy atom. The summed E-state index contributed by atoms with van der Waals surface area (Å²) in [5, 5.41) is 9.88. The number of aromatic carboxylic acids is 1. The number of aromatic amines is 1. The molecule has 1 aliphatic heterocycles. The fourth-order valence-electron chi connectivity index (χ4n) is 2.55. The third-order valence-corrected chi connectivity index (χ3v) is 3.38. The van der Waals surface area contributed by atoms with E-state index in [9.17, 15) is 9.59 Å². The molecule has 0 aliphatic carbocycles. The summed E-state index contributed by atoms with van der Waals surface area (Å²) in [6.07, 6.45) is 0.767. The molecule has 2 N–H and O–H groups in total. The number of amides is 1. The van der Waals surface area contributed by atoms with Gasteiger partial charge in [-0.05, 0) is 30.2 Å². The number of carboxylic acids is 1. The largest absolute Gasteiger partial charge is 0.477 e. The molecule has 1 aromatic carbocycles. The SMILES string of the molecule is BC(=O)N1CCc2c1ccc1[nH]c(C(=O)O)cc21. The van der Waals surface area contributed by atoms with Crippen LogP contribution in [0, 0.1) is 0 Å². The third kappa shape index (κ3) is 1.42. The van der Waals surface area contributed by atoms with Crippen molar-refractivity contribution in [2.24, 2.45) is 0 Å². The van der Waals surface area contributed by atoms with Crippen LogP contribution in [0.25, 0.3) is 10.9 Å². The normalized spacial score (nSPS) is 13.9. The van der Waals surface area contributed by atoms with E-state index in [4.69, 9.17) is 5.11 Å². The van der Waals surface area contributed by atoms with Gasteiger partial charge in [-0.15, -0.1) is 0 Å². The standard InChI is InChI=1S/C12H11BN2O3/c13-12(18)15-4-3-6-7-5-9(11(16)17)14-8(7)1-2-10(6)15/h1-2,5,14H,3-4,13H2,(H,16,17). The monoisotopic (exact) mass is 242 g/mol.